The minimum atomic E-state index is -1.34. The number of nitrogens with zero attached hydrogens (tertiary/aromatic N) is 3. The lowest BCUT2D eigenvalue weighted by Crippen LogP contribution is -2.36. The molecule has 2 aromatic heterocycles. The maximum Gasteiger partial charge on any atom is 0.332 e. The summed E-state index contributed by atoms with van der Waals surface area (Å²) in [6, 6.07) is 0. The van der Waals surface area contributed by atoms with E-state index in [0.717, 1.165) is 9.13 Å². The molecule has 106 valence electrons. The van der Waals surface area contributed by atoms with Crippen molar-refractivity contribution in [2.75, 3.05) is 0 Å². The lowest BCUT2D eigenvalue weighted by molar-refractivity contribution is -0.145. The Morgan fingerprint density at radius 3 is 2.55 bits per heavy atom. The first-order valence-corrected chi connectivity index (χ1v) is 6.08. The van der Waals surface area contributed by atoms with Gasteiger partial charge < -0.3 is 9.84 Å². The lowest BCUT2D eigenvalue weighted by Gasteiger charge is -2.03. The topological polar surface area (TPSA) is 120 Å². The second kappa shape index (κ2) is 4.89. The van der Waals surface area contributed by atoms with Gasteiger partial charge >= 0.3 is 17.6 Å². The molecule has 2 rings (SSSR count). The van der Waals surface area contributed by atoms with Crippen LogP contribution in [-0.4, -0.2) is 30.6 Å². The van der Waals surface area contributed by atoms with Crippen molar-refractivity contribution < 1.29 is 19.4 Å². The van der Waals surface area contributed by atoms with Crippen molar-refractivity contribution in [2.24, 2.45) is 14.1 Å². The molecule has 0 saturated heterocycles. The highest BCUT2D eigenvalue weighted by molar-refractivity contribution is 7.09. The Bertz CT molecular complexity index is 830. The molecule has 2 heterocycles. The van der Waals surface area contributed by atoms with Crippen molar-refractivity contribution >= 4 is 34.5 Å². The highest BCUT2D eigenvalue weighted by atomic mass is 32.1. The van der Waals surface area contributed by atoms with Crippen LogP contribution in [0.5, 0.6) is 5.06 Å². The molecule has 1 N–H and O–H groups in total. The van der Waals surface area contributed by atoms with Gasteiger partial charge in [-0.1, -0.05) is 0 Å². The van der Waals surface area contributed by atoms with Crippen LogP contribution < -0.4 is 16.0 Å². The number of aryl methyl sites for hydroxylation is 1. The zero-order valence-electron chi connectivity index (χ0n) is 10.4. The summed E-state index contributed by atoms with van der Waals surface area (Å²) in [5.74, 6) is -2.36. The van der Waals surface area contributed by atoms with Gasteiger partial charge in [0.25, 0.3) is 5.56 Å². The number of hydrogen-bond acceptors (Lipinski definition) is 7. The molecule has 0 aliphatic rings. The molecule has 0 aliphatic heterocycles. The van der Waals surface area contributed by atoms with Gasteiger partial charge in [0.05, 0.1) is 0 Å². The fraction of sp³-hybridized carbons (Fsp3) is 0.300. The van der Waals surface area contributed by atoms with Crippen LogP contribution in [-0.2, 0) is 23.7 Å². The van der Waals surface area contributed by atoms with E-state index in [1.54, 1.807) is 0 Å². The number of fused-ring (bicyclic) bond motifs is 1. The molecule has 0 amide bonds. The van der Waals surface area contributed by atoms with Crippen molar-refractivity contribution in [2.45, 2.75) is 6.42 Å². The summed E-state index contributed by atoms with van der Waals surface area (Å²) in [5, 5.41) is 8.33. The van der Waals surface area contributed by atoms with Crippen LogP contribution in [0.15, 0.2) is 9.59 Å². The zero-order valence-corrected chi connectivity index (χ0v) is 11.3. The summed E-state index contributed by atoms with van der Waals surface area (Å²) >= 11 is 0.705. The Morgan fingerprint density at radius 1 is 1.30 bits per heavy atom. The molecule has 0 bridgehead atoms. The standard InChI is InChI=1S/C10H9N3O6S/c1-12-7-6(8(17)13(2)10(12)18)9(20-11-7)19-5(16)3-4(14)15/h3H2,1-2H3,(H,14,15). The number of carbonyl (C=O) groups excluding carboxylic acids is 1. The van der Waals surface area contributed by atoms with Crippen LogP contribution in [0.3, 0.4) is 0 Å². The predicted octanol–water partition coefficient (Wildman–Crippen LogP) is -0.926. The SMILES string of the molecule is Cn1c(=O)c2c(OC(=O)CC(=O)O)snc2n(C)c1=O. The Kier molecular flexibility index (Phi) is 3.40. The van der Waals surface area contributed by atoms with Crippen molar-refractivity contribution in [3.8, 4) is 5.06 Å². The molecule has 0 radical (unpaired) electrons. The van der Waals surface area contributed by atoms with E-state index in [9.17, 15) is 19.2 Å². The van der Waals surface area contributed by atoms with E-state index in [0.29, 0.717) is 11.5 Å². The smallest absolute Gasteiger partial charge is 0.332 e. The van der Waals surface area contributed by atoms with Gasteiger partial charge in [-0.15, -0.1) is 0 Å². The molecule has 0 aromatic carbocycles. The Labute approximate surface area is 114 Å². The third-order valence-corrected chi connectivity index (χ3v) is 3.27. The average molecular weight is 299 g/mol. The first-order valence-electron chi connectivity index (χ1n) is 5.30. The summed E-state index contributed by atoms with van der Waals surface area (Å²) in [6.45, 7) is 0. The van der Waals surface area contributed by atoms with Gasteiger partial charge in [0.1, 0.15) is 11.8 Å². The molecule has 10 heteroatoms. The van der Waals surface area contributed by atoms with Crippen LogP contribution in [0.2, 0.25) is 0 Å². The van der Waals surface area contributed by atoms with Crippen LogP contribution >= 0.6 is 11.5 Å². The van der Waals surface area contributed by atoms with Gasteiger partial charge in [-0.3, -0.25) is 23.5 Å². The van der Waals surface area contributed by atoms with E-state index in [-0.39, 0.29) is 16.1 Å². The summed E-state index contributed by atoms with van der Waals surface area (Å²) < 4.78 is 10.7. The molecule has 0 atom stereocenters. The maximum absolute atomic E-state index is 12.0. The maximum atomic E-state index is 12.0. The summed E-state index contributed by atoms with van der Waals surface area (Å²) in [5.41, 5.74) is -1.13. The lowest BCUT2D eigenvalue weighted by atomic mass is 10.4. The quantitative estimate of drug-likeness (QED) is 0.574. The number of aliphatic carboxylic acids is 1. The normalized spacial score (nSPS) is 10.7. The minimum absolute atomic E-state index is 0.0293. The third-order valence-electron chi connectivity index (χ3n) is 2.55. The van der Waals surface area contributed by atoms with Crippen molar-refractivity contribution in [3.05, 3.63) is 20.8 Å². The predicted molar refractivity (Wildman–Crippen MR) is 68.0 cm³/mol. The van der Waals surface area contributed by atoms with E-state index in [4.69, 9.17) is 9.84 Å². The number of aromatic nitrogens is 3. The highest BCUT2D eigenvalue weighted by Crippen LogP contribution is 2.26. The summed E-state index contributed by atoms with van der Waals surface area (Å²) in [7, 11) is 2.71. The van der Waals surface area contributed by atoms with E-state index < -0.39 is 29.6 Å². The van der Waals surface area contributed by atoms with Gasteiger partial charge in [-0.05, 0) is 0 Å². The zero-order chi connectivity index (χ0) is 15.0. The van der Waals surface area contributed by atoms with Crippen LogP contribution in [0, 0.1) is 0 Å². The molecule has 9 nitrogen and oxygen atoms in total. The largest absolute Gasteiger partial charge is 0.481 e. The van der Waals surface area contributed by atoms with Crippen molar-refractivity contribution in [1.29, 1.82) is 0 Å². The van der Waals surface area contributed by atoms with E-state index in [1.807, 2.05) is 0 Å². The van der Waals surface area contributed by atoms with Gasteiger partial charge in [0.15, 0.2) is 5.65 Å². The second-order valence-corrected chi connectivity index (χ2v) is 4.65. The Morgan fingerprint density at radius 2 is 1.95 bits per heavy atom. The number of carboxylic acid groups (broad SMARTS) is 1. The molecule has 0 unspecified atom stereocenters. The van der Waals surface area contributed by atoms with E-state index in [1.165, 1.54) is 14.1 Å². The Hall–Kier alpha value is -2.49. The molecular formula is C10H9N3O6S. The molecule has 0 fully saturated rings. The first-order chi connectivity index (χ1) is 9.32. The first kappa shape index (κ1) is 13.9. The molecule has 0 spiro atoms. The van der Waals surface area contributed by atoms with Gasteiger partial charge in [0, 0.05) is 25.6 Å². The van der Waals surface area contributed by atoms with Gasteiger partial charge in [0.2, 0.25) is 5.06 Å². The second-order valence-electron chi connectivity index (χ2n) is 3.92. The van der Waals surface area contributed by atoms with Gasteiger partial charge in [-0.25, -0.2) is 4.79 Å². The number of ether oxygens (including phenoxy) is 1. The number of rotatable bonds is 3. The molecular weight excluding hydrogens is 290 g/mol. The summed E-state index contributed by atoms with van der Waals surface area (Å²) in [4.78, 5) is 45.4. The highest BCUT2D eigenvalue weighted by Gasteiger charge is 2.20. The molecule has 2 aromatic rings. The third kappa shape index (κ3) is 2.20. The van der Waals surface area contributed by atoms with Crippen LogP contribution in [0.4, 0.5) is 0 Å². The van der Waals surface area contributed by atoms with Crippen LogP contribution in [0.1, 0.15) is 6.42 Å². The van der Waals surface area contributed by atoms with Crippen LogP contribution in [0.25, 0.3) is 11.0 Å². The Balaban J connectivity index is 2.58. The monoisotopic (exact) mass is 299 g/mol. The van der Waals surface area contributed by atoms with Gasteiger partial charge in [-0.2, -0.15) is 4.37 Å². The number of hydrogen-bond donors (Lipinski definition) is 1. The number of carbonyl (C=O) groups is 2. The van der Waals surface area contributed by atoms with E-state index >= 15 is 0 Å². The average Bonchev–Trinajstić information content (AvgIpc) is 2.76. The minimum Gasteiger partial charge on any atom is -0.481 e. The molecule has 0 saturated carbocycles. The number of carboxylic acids is 1. The fourth-order valence-corrected chi connectivity index (χ4v) is 2.37. The molecule has 0 aliphatic carbocycles. The fourth-order valence-electron chi connectivity index (χ4n) is 1.58. The van der Waals surface area contributed by atoms with Crippen molar-refractivity contribution in [1.82, 2.24) is 13.5 Å². The number of esters is 1. The summed E-state index contributed by atoms with van der Waals surface area (Å²) in [6.07, 6.45) is -0.828. The molecule has 20 heavy (non-hydrogen) atoms. The van der Waals surface area contributed by atoms with E-state index in [2.05, 4.69) is 4.37 Å². The van der Waals surface area contributed by atoms with Crippen molar-refractivity contribution in [3.63, 3.8) is 0 Å².